The minimum Gasteiger partial charge on any atom is -0.481 e. The highest BCUT2D eigenvalue weighted by molar-refractivity contribution is 7.98. The van der Waals surface area contributed by atoms with Crippen molar-refractivity contribution in [2.24, 2.45) is 5.92 Å². The number of carboxylic acids is 1. The van der Waals surface area contributed by atoms with Gasteiger partial charge in [0.2, 0.25) is 0 Å². The number of aliphatic carboxylic acids is 1. The van der Waals surface area contributed by atoms with Crippen LogP contribution in [0, 0.1) is 5.92 Å². The van der Waals surface area contributed by atoms with Crippen molar-refractivity contribution in [3.63, 3.8) is 0 Å². The van der Waals surface area contributed by atoms with E-state index in [1.54, 1.807) is 44.7 Å². The van der Waals surface area contributed by atoms with Gasteiger partial charge in [-0.3, -0.25) is 9.59 Å². The lowest BCUT2D eigenvalue weighted by atomic mass is 10.0. The molecule has 0 fully saturated rings. The van der Waals surface area contributed by atoms with E-state index in [1.165, 1.54) is 0 Å². The lowest BCUT2D eigenvalue weighted by molar-refractivity contribution is -0.142. The fourth-order valence-corrected chi connectivity index (χ4v) is 2.00. The maximum absolute atomic E-state index is 12.0. The fraction of sp³-hybridized carbons (Fsp3) is 0.467. The number of carboxylic acid groups (broad SMARTS) is 1. The number of hydrogen-bond acceptors (Lipinski definition) is 4. The molecule has 0 spiro atoms. The minimum atomic E-state index is -0.941. The van der Waals surface area contributed by atoms with Gasteiger partial charge < -0.3 is 15.2 Å². The number of thioether (sulfide) groups is 1. The lowest BCUT2D eigenvalue weighted by Crippen LogP contribution is -2.45. The van der Waals surface area contributed by atoms with E-state index >= 15 is 0 Å². The van der Waals surface area contributed by atoms with Crippen LogP contribution >= 0.6 is 11.8 Å². The first-order valence-corrected chi connectivity index (χ1v) is 7.91. The Balaban J connectivity index is 2.55. The zero-order chi connectivity index (χ0) is 16.0. The molecule has 0 aliphatic carbocycles. The van der Waals surface area contributed by atoms with Crippen LogP contribution in [0.3, 0.4) is 0 Å². The maximum atomic E-state index is 12.0. The lowest BCUT2D eigenvalue weighted by Gasteiger charge is -2.21. The van der Waals surface area contributed by atoms with Crippen LogP contribution in [0.4, 0.5) is 0 Å². The number of carbonyl (C=O) groups is 2. The van der Waals surface area contributed by atoms with Gasteiger partial charge in [-0.2, -0.15) is 0 Å². The van der Waals surface area contributed by atoms with Gasteiger partial charge in [0, 0.05) is 10.9 Å². The average Bonchev–Trinajstić information content (AvgIpc) is 2.46. The zero-order valence-electron chi connectivity index (χ0n) is 12.6. The maximum Gasteiger partial charge on any atom is 0.308 e. The highest BCUT2D eigenvalue weighted by atomic mass is 32.2. The third-order valence-corrected chi connectivity index (χ3v) is 3.99. The van der Waals surface area contributed by atoms with Crippen molar-refractivity contribution >= 4 is 23.6 Å². The van der Waals surface area contributed by atoms with E-state index in [0.717, 1.165) is 4.90 Å². The summed E-state index contributed by atoms with van der Waals surface area (Å²) >= 11 is 1.63. The summed E-state index contributed by atoms with van der Waals surface area (Å²) in [5.41, 5.74) is 0. The average molecular weight is 311 g/mol. The van der Waals surface area contributed by atoms with Crippen molar-refractivity contribution in [2.45, 2.75) is 37.8 Å². The summed E-state index contributed by atoms with van der Waals surface area (Å²) in [5.74, 6) is -1.31. The molecular formula is C15H21NO4S. The molecule has 116 valence electrons. The highest BCUT2D eigenvalue weighted by Crippen LogP contribution is 2.19. The number of benzene rings is 1. The third-order valence-electron chi connectivity index (χ3n) is 3.25. The van der Waals surface area contributed by atoms with Gasteiger partial charge in [0.1, 0.15) is 5.75 Å². The smallest absolute Gasteiger partial charge is 0.308 e. The van der Waals surface area contributed by atoms with Crippen molar-refractivity contribution in [2.75, 3.05) is 6.26 Å². The summed E-state index contributed by atoms with van der Waals surface area (Å²) in [6.45, 7) is 4.85. The predicted molar refractivity (Wildman–Crippen MR) is 82.7 cm³/mol. The van der Waals surface area contributed by atoms with Crippen molar-refractivity contribution < 1.29 is 19.4 Å². The summed E-state index contributed by atoms with van der Waals surface area (Å²) in [7, 11) is 0. The Kier molecular flexibility index (Phi) is 6.55. The van der Waals surface area contributed by atoms with Crippen LogP contribution in [0.2, 0.25) is 0 Å². The summed E-state index contributed by atoms with van der Waals surface area (Å²) < 4.78 is 5.55. The number of hydrogen-bond donors (Lipinski definition) is 2. The molecule has 1 aromatic carbocycles. The number of amides is 1. The molecule has 1 aromatic rings. The minimum absolute atomic E-state index is 0.329. The second-order valence-corrected chi connectivity index (χ2v) is 5.74. The quantitative estimate of drug-likeness (QED) is 0.756. The Morgan fingerprint density at radius 1 is 1.19 bits per heavy atom. The molecular weight excluding hydrogens is 290 g/mol. The Bertz CT molecular complexity index is 489. The number of ether oxygens (including phenoxy) is 1. The normalized spacial score (nSPS) is 14.9. The van der Waals surface area contributed by atoms with Gasteiger partial charge >= 0.3 is 5.97 Å². The first-order valence-electron chi connectivity index (χ1n) is 6.69. The molecule has 0 aromatic heterocycles. The Morgan fingerprint density at radius 2 is 1.76 bits per heavy atom. The largest absolute Gasteiger partial charge is 0.481 e. The van der Waals surface area contributed by atoms with Crippen LogP contribution in [0.1, 0.15) is 20.8 Å². The number of rotatable bonds is 7. The topological polar surface area (TPSA) is 75.6 Å². The van der Waals surface area contributed by atoms with Gasteiger partial charge in [0.25, 0.3) is 5.91 Å². The van der Waals surface area contributed by atoms with Gasteiger partial charge in [-0.25, -0.2) is 0 Å². The summed E-state index contributed by atoms with van der Waals surface area (Å²) in [4.78, 5) is 23.9. The van der Waals surface area contributed by atoms with Crippen molar-refractivity contribution in [1.82, 2.24) is 5.32 Å². The van der Waals surface area contributed by atoms with E-state index in [1.807, 2.05) is 18.4 Å². The van der Waals surface area contributed by atoms with E-state index in [2.05, 4.69) is 5.32 Å². The Hall–Kier alpha value is -1.69. The molecule has 6 heteroatoms. The predicted octanol–water partition coefficient (Wildman–Crippen LogP) is 2.40. The first kappa shape index (κ1) is 17.4. The summed E-state index contributed by atoms with van der Waals surface area (Å²) in [6.07, 6.45) is 1.30. The van der Waals surface area contributed by atoms with Crippen LogP contribution in [0.15, 0.2) is 29.2 Å². The van der Waals surface area contributed by atoms with Crippen LogP contribution in [-0.4, -0.2) is 35.4 Å². The van der Waals surface area contributed by atoms with Gasteiger partial charge in [-0.1, -0.05) is 0 Å². The van der Waals surface area contributed by atoms with E-state index in [9.17, 15) is 9.59 Å². The SMILES string of the molecule is CSc1ccc(OC(C)C(=O)NC(C)C(C)C(=O)O)cc1. The van der Waals surface area contributed by atoms with Crippen molar-refractivity contribution in [3.05, 3.63) is 24.3 Å². The number of carbonyl (C=O) groups excluding carboxylic acids is 1. The standard InChI is InChI=1S/C15H21NO4S/c1-9(15(18)19)10(2)16-14(17)11(3)20-12-5-7-13(21-4)8-6-12/h5-11H,1-4H3,(H,16,17)(H,18,19). The molecule has 2 N–H and O–H groups in total. The second-order valence-electron chi connectivity index (χ2n) is 4.86. The molecule has 0 bridgehead atoms. The number of nitrogens with one attached hydrogen (secondary N) is 1. The summed E-state index contributed by atoms with van der Waals surface area (Å²) in [5, 5.41) is 11.6. The van der Waals surface area contributed by atoms with Gasteiger partial charge in [-0.15, -0.1) is 11.8 Å². The van der Waals surface area contributed by atoms with E-state index in [-0.39, 0.29) is 5.91 Å². The molecule has 0 saturated carbocycles. The molecule has 0 saturated heterocycles. The molecule has 3 unspecified atom stereocenters. The molecule has 1 amide bonds. The van der Waals surface area contributed by atoms with Gasteiger partial charge in [0.15, 0.2) is 6.10 Å². The van der Waals surface area contributed by atoms with E-state index < -0.39 is 24.0 Å². The molecule has 0 heterocycles. The summed E-state index contributed by atoms with van der Waals surface area (Å²) in [6, 6.07) is 6.98. The molecule has 0 aliphatic heterocycles. The molecule has 3 atom stereocenters. The molecule has 0 aliphatic rings. The van der Waals surface area contributed by atoms with Crippen LogP contribution < -0.4 is 10.1 Å². The van der Waals surface area contributed by atoms with Crippen LogP contribution in [-0.2, 0) is 9.59 Å². The van der Waals surface area contributed by atoms with Crippen molar-refractivity contribution in [1.29, 1.82) is 0 Å². The Labute approximate surface area is 129 Å². The van der Waals surface area contributed by atoms with Crippen LogP contribution in [0.5, 0.6) is 5.75 Å². The highest BCUT2D eigenvalue weighted by Gasteiger charge is 2.23. The van der Waals surface area contributed by atoms with E-state index in [0.29, 0.717) is 5.75 Å². The third kappa shape index (κ3) is 5.30. The van der Waals surface area contributed by atoms with E-state index in [4.69, 9.17) is 9.84 Å². The molecule has 21 heavy (non-hydrogen) atoms. The molecule has 0 radical (unpaired) electrons. The first-order chi connectivity index (χ1) is 9.85. The molecule has 5 nitrogen and oxygen atoms in total. The van der Waals surface area contributed by atoms with Crippen LogP contribution in [0.25, 0.3) is 0 Å². The monoisotopic (exact) mass is 311 g/mol. The van der Waals surface area contributed by atoms with Crippen molar-refractivity contribution in [3.8, 4) is 5.75 Å². The molecule has 1 rings (SSSR count). The van der Waals surface area contributed by atoms with Gasteiger partial charge in [0.05, 0.1) is 5.92 Å². The van der Waals surface area contributed by atoms with Gasteiger partial charge in [-0.05, 0) is 51.3 Å². The zero-order valence-corrected chi connectivity index (χ0v) is 13.4. The Morgan fingerprint density at radius 3 is 2.24 bits per heavy atom. The fourth-order valence-electron chi connectivity index (χ4n) is 1.59. The second kappa shape index (κ2) is 7.93.